The fraction of sp³-hybridized carbons (Fsp3) is 0.632. The lowest BCUT2D eigenvalue weighted by Gasteiger charge is -2.33. The summed E-state index contributed by atoms with van der Waals surface area (Å²) >= 11 is 0. The molecule has 23 heavy (non-hydrogen) atoms. The molecule has 1 heterocycles. The van der Waals surface area contributed by atoms with Gasteiger partial charge in [-0.3, -0.25) is 9.69 Å². The van der Waals surface area contributed by atoms with Crippen LogP contribution < -0.4 is 0 Å². The number of likely N-dealkylation sites (N-methyl/N-ethyl adjacent to an activating group) is 2. The van der Waals surface area contributed by atoms with Crippen molar-refractivity contribution >= 4 is 5.91 Å². The first-order valence-corrected chi connectivity index (χ1v) is 8.62. The molecule has 1 aromatic carbocycles. The first-order chi connectivity index (χ1) is 11.0. The van der Waals surface area contributed by atoms with Crippen molar-refractivity contribution in [1.82, 2.24) is 9.80 Å². The number of ether oxygens (including phenoxy) is 1. The summed E-state index contributed by atoms with van der Waals surface area (Å²) in [6, 6.07) is 8.08. The first kappa shape index (κ1) is 18.0. The van der Waals surface area contributed by atoms with Gasteiger partial charge < -0.3 is 9.64 Å². The molecule has 1 atom stereocenters. The molecular formula is C19H30N2O2. The zero-order valence-corrected chi connectivity index (χ0v) is 14.9. The third-order valence-electron chi connectivity index (χ3n) is 4.66. The monoisotopic (exact) mass is 318 g/mol. The summed E-state index contributed by atoms with van der Waals surface area (Å²) in [5.74, 6) is 0.765. The molecule has 1 fully saturated rings. The van der Waals surface area contributed by atoms with Crippen LogP contribution in [0.15, 0.2) is 24.3 Å². The Morgan fingerprint density at radius 3 is 2.35 bits per heavy atom. The molecule has 1 aliphatic rings. The van der Waals surface area contributed by atoms with Gasteiger partial charge in [-0.15, -0.1) is 0 Å². The van der Waals surface area contributed by atoms with Crippen molar-refractivity contribution in [2.75, 3.05) is 40.4 Å². The second-order valence-corrected chi connectivity index (χ2v) is 6.71. The number of benzene rings is 1. The lowest BCUT2D eigenvalue weighted by molar-refractivity contribution is -0.137. The maximum Gasteiger partial charge on any atom is 0.244 e. The number of nitrogens with zero attached hydrogens (tertiary/aromatic N) is 2. The maximum atomic E-state index is 13.1. The Morgan fingerprint density at radius 1 is 1.22 bits per heavy atom. The summed E-state index contributed by atoms with van der Waals surface area (Å²) in [6.45, 7) is 7.39. The Kier molecular flexibility index (Phi) is 6.60. The van der Waals surface area contributed by atoms with Gasteiger partial charge in [0.05, 0.1) is 0 Å². The molecular weight excluding hydrogens is 288 g/mol. The van der Waals surface area contributed by atoms with Gasteiger partial charge in [0.2, 0.25) is 5.91 Å². The van der Waals surface area contributed by atoms with Gasteiger partial charge in [0.25, 0.3) is 0 Å². The third-order valence-corrected chi connectivity index (χ3v) is 4.66. The Hall–Kier alpha value is -1.39. The zero-order chi connectivity index (χ0) is 16.8. The summed E-state index contributed by atoms with van der Waals surface area (Å²) < 4.78 is 5.43. The molecule has 2 rings (SSSR count). The molecule has 0 radical (unpaired) electrons. The molecule has 0 aliphatic carbocycles. The predicted molar refractivity (Wildman–Crippen MR) is 93.4 cm³/mol. The highest BCUT2D eigenvalue weighted by atomic mass is 16.5. The fourth-order valence-electron chi connectivity index (χ4n) is 3.20. The van der Waals surface area contributed by atoms with E-state index in [1.54, 1.807) is 0 Å². The molecule has 0 N–H and O–H groups in total. The summed E-state index contributed by atoms with van der Waals surface area (Å²) in [7, 11) is 3.95. The topological polar surface area (TPSA) is 32.8 Å². The van der Waals surface area contributed by atoms with Gasteiger partial charge in [-0.1, -0.05) is 29.8 Å². The van der Waals surface area contributed by atoms with Crippen LogP contribution in [-0.2, 0) is 9.53 Å². The normalized spacial score (nSPS) is 17.3. The van der Waals surface area contributed by atoms with Gasteiger partial charge in [0, 0.05) is 26.3 Å². The number of hydrogen-bond acceptors (Lipinski definition) is 3. The second-order valence-electron chi connectivity index (χ2n) is 6.71. The van der Waals surface area contributed by atoms with Gasteiger partial charge >= 0.3 is 0 Å². The van der Waals surface area contributed by atoms with Gasteiger partial charge in [0.15, 0.2) is 0 Å². The van der Waals surface area contributed by atoms with Crippen molar-refractivity contribution in [2.45, 2.75) is 32.7 Å². The molecule has 1 aliphatic heterocycles. The Balaban J connectivity index is 2.12. The van der Waals surface area contributed by atoms with Crippen molar-refractivity contribution in [3.8, 4) is 0 Å². The lowest BCUT2D eigenvalue weighted by Crippen LogP contribution is -2.43. The van der Waals surface area contributed by atoms with E-state index in [2.05, 4.69) is 38.1 Å². The molecule has 0 bridgehead atoms. The molecule has 4 nitrogen and oxygen atoms in total. The van der Waals surface area contributed by atoms with Crippen LogP contribution in [0.4, 0.5) is 0 Å². The van der Waals surface area contributed by atoms with Crippen LogP contribution in [0.3, 0.4) is 0 Å². The highest BCUT2D eigenvalue weighted by Crippen LogP contribution is 2.23. The summed E-state index contributed by atoms with van der Waals surface area (Å²) in [5, 5.41) is 0. The van der Waals surface area contributed by atoms with E-state index in [0.717, 1.165) is 44.7 Å². The van der Waals surface area contributed by atoms with E-state index in [4.69, 9.17) is 4.74 Å². The molecule has 1 saturated heterocycles. The number of hydrogen-bond donors (Lipinski definition) is 0. The number of amides is 1. The van der Waals surface area contributed by atoms with Crippen LogP contribution in [0.25, 0.3) is 0 Å². The summed E-state index contributed by atoms with van der Waals surface area (Å²) in [6.07, 6.45) is 2.11. The van der Waals surface area contributed by atoms with Crippen LogP contribution in [0.5, 0.6) is 0 Å². The van der Waals surface area contributed by atoms with Crippen molar-refractivity contribution < 1.29 is 9.53 Å². The highest BCUT2D eigenvalue weighted by Gasteiger charge is 2.29. The van der Waals surface area contributed by atoms with E-state index >= 15 is 0 Å². The smallest absolute Gasteiger partial charge is 0.244 e. The minimum Gasteiger partial charge on any atom is -0.381 e. The van der Waals surface area contributed by atoms with Crippen molar-refractivity contribution in [1.29, 1.82) is 0 Å². The second kappa shape index (κ2) is 8.46. The summed E-state index contributed by atoms with van der Waals surface area (Å²) in [4.78, 5) is 17.2. The Labute approximate surface area is 140 Å². The number of rotatable bonds is 6. The number of carbonyl (C=O) groups is 1. The van der Waals surface area contributed by atoms with E-state index in [9.17, 15) is 4.79 Å². The minimum absolute atomic E-state index is 0.202. The van der Waals surface area contributed by atoms with E-state index in [-0.39, 0.29) is 11.9 Å². The predicted octanol–water partition coefficient (Wildman–Crippen LogP) is 2.87. The molecule has 1 aromatic rings. The largest absolute Gasteiger partial charge is 0.381 e. The van der Waals surface area contributed by atoms with E-state index in [1.807, 2.05) is 23.9 Å². The van der Waals surface area contributed by atoms with Crippen LogP contribution in [0.2, 0.25) is 0 Å². The van der Waals surface area contributed by atoms with Crippen LogP contribution in [-0.4, -0.2) is 56.1 Å². The van der Waals surface area contributed by atoms with Crippen molar-refractivity contribution in [3.05, 3.63) is 35.4 Å². The molecule has 0 saturated carbocycles. The minimum atomic E-state index is -0.213. The molecule has 0 unspecified atom stereocenters. The Morgan fingerprint density at radius 2 is 1.83 bits per heavy atom. The fourth-order valence-corrected chi connectivity index (χ4v) is 3.20. The standard InChI is InChI=1S/C19H30N2O2/c1-5-21(14-16-10-12-23-13-11-16)19(22)18(20(3)4)17-8-6-15(2)7-9-17/h6-9,16,18H,5,10-14H2,1-4H3/t18-/m0/s1. The first-order valence-electron chi connectivity index (χ1n) is 8.62. The number of aryl methyl sites for hydroxylation is 1. The van der Waals surface area contributed by atoms with Gasteiger partial charge in [0.1, 0.15) is 6.04 Å². The van der Waals surface area contributed by atoms with Gasteiger partial charge in [-0.25, -0.2) is 0 Å². The molecule has 1 amide bonds. The average Bonchev–Trinajstić information content (AvgIpc) is 2.55. The molecule has 128 valence electrons. The maximum absolute atomic E-state index is 13.1. The van der Waals surface area contributed by atoms with Crippen molar-refractivity contribution in [3.63, 3.8) is 0 Å². The van der Waals surface area contributed by atoms with E-state index in [1.165, 1.54) is 5.56 Å². The molecule has 4 heteroatoms. The van der Waals surface area contributed by atoms with E-state index in [0.29, 0.717) is 5.92 Å². The zero-order valence-electron chi connectivity index (χ0n) is 14.9. The Bertz CT molecular complexity index is 493. The quantitative estimate of drug-likeness (QED) is 0.808. The highest BCUT2D eigenvalue weighted by molar-refractivity contribution is 5.83. The number of carbonyl (C=O) groups excluding carboxylic acids is 1. The van der Waals surface area contributed by atoms with Crippen LogP contribution in [0.1, 0.15) is 36.9 Å². The van der Waals surface area contributed by atoms with Crippen LogP contribution in [0, 0.1) is 12.8 Å². The van der Waals surface area contributed by atoms with E-state index < -0.39 is 0 Å². The lowest BCUT2D eigenvalue weighted by atomic mass is 9.98. The van der Waals surface area contributed by atoms with Crippen molar-refractivity contribution in [2.24, 2.45) is 5.92 Å². The SMILES string of the molecule is CCN(CC1CCOCC1)C(=O)[C@H](c1ccc(C)cc1)N(C)C. The van der Waals surface area contributed by atoms with Gasteiger partial charge in [-0.2, -0.15) is 0 Å². The van der Waals surface area contributed by atoms with Gasteiger partial charge in [-0.05, 0) is 52.3 Å². The molecule has 0 spiro atoms. The third kappa shape index (κ3) is 4.79. The average molecular weight is 318 g/mol. The summed E-state index contributed by atoms with van der Waals surface area (Å²) in [5.41, 5.74) is 2.28. The van der Waals surface area contributed by atoms with Crippen LogP contribution >= 0.6 is 0 Å². The molecule has 0 aromatic heterocycles.